The molecule has 0 spiro atoms. The molecule has 0 aliphatic carbocycles. The van der Waals surface area contributed by atoms with Crippen molar-refractivity contribution in [1.29, 1.82) is 0 Å². The summed E-state index contributed by atoms with van der Waals surface area (Å²) in [5, 5.41) is 10.0. The molecule has 0 saturated carbocycles. The highest BCUT2D eigenvalue weighted by Crippen LogP contribution is 2.30. The highest BCUT2D eigenvalue weighted by molar-refractivity contribution is 5.79. The van der Waals surface area contributed by atoms with E-state index in [1.54, 1.807) is 0 Å². The SMILES string of the molecule is CC[C@@H]1C[C@@H](CC(=O)C[C@@H](O)C(C)(C)C)OC(C)(C)O1. The van der Waals surface area contributed by atoms with E-state index in [0.717, 1.165) is 12.8 Å². The fraction of sp³-hybridized carbons (Fsp3) is 0.938. The first-order valence-corrected chi connectivity index (χ1v) is 7.59. The Kier molecular flexibility index (Phi) is 5.76. The van der Waals surface area contributed by atoms with Crippen molar-refractivity contribution < 1.29 is 19.4 Å². The molecule has 1 heterocycles. The third-order valence-corrected chi connectivity index (χ3v) is 3.76. The summed E-state index contributed by atoms with van der Waals surface area (Å²) in [5.74, 6) is -0.572. The van der Waals surface area contributed by atoms with Gasteiger partial charge in [-0.15, -0.1) is 0 Å². The Bertz CT molecular complexity index is 330. The molecule has 0 aromatic heterocycles. The van der Waals surface area contributed by atoms with Crippen LogP contribution in [-0.2, 0) is 14.3 Å². The summed E-state index contributed by atoms with van der Waals surface area (Å²) in [4.78, 5) is 12.1. The molecule has 1 aliphatic heterocycles. The number of hydrogen-bond donors (Lipinski definition) is 1. The van der Waals surface area contributed by atoms with E-state index in [0.29, 0.717) is 6.42 Å². The molecule has 4 nitrogen and oxygen atoms in total. The zero-order chi connectivity index (χ0) is 15.6. The first kappa shape index (κ1) is 17.6. The van der Waals surface area contributed by atoms with Gasteiger partial charge in [-0.2, -0.15) is 0 Å². The molecule has 1 N–H and O–H groups in total. The van der Waals surface area contributed by atoms with Crippen molar-refractivity contribution in [2.45, 2.75) is 91.3 Å². The number of Topliss-reactive ketones (excluding diaryl/α,β-unsaturated/α-hetero) is 1. The van der Waals surface area contributed by atoms with Crippen LogP contribution in [0.15, 0.2) is 0 Å². The zero-order valence-corrected chi connectivity index (χ0v) is 13.7. The van der Waals surface area contributed by atoms with Gasteiger partial charge in [-0.25, -0.2) is 0 Å². The third kappa shape index (κ3) is 5.51. The van der Waals surface area contributed by atoms with Crippen molar-refractivity contribution in [2.75, 3.05) is 0 Å². The number of carbonyl (C=O) groups excluding carboxylic acids is 1. The number of hydrogen-bond acceptors (Lipinski definition) is 4. The van der Waals surface area contributed by atoms with E-state index in [9.17, 15) is 9.90 Å². The van der Waals surface area contributed by atoms with Crippen molar-refractivity contribution in [2.24, 2.45) is 5.41 Å². The monoisotopic (exact) mass is 286 g/mol. The van der Waals surface area contributed by atoms with Crippen LogP contribution in [0.5, 0.6) is 0 Å². The van der Waals surface area contributed by atoms with Crippen LogP contribution in [0.2, 0.25) is 0 Å². The van der Waals surface area contributed by atoms with Gasteiger partial charge in [-0.05, 0) is 25.7 Å². The first-order chi connectivity index (χ1) is 9.03. The van der Waals surface area contributed by atoms with Crippen LogP contribution in [0.25, 0.3) is 0 Å². The maximum absolute atomic E-state index is 12.1. The van der Waals surface area contributed by atoms with E-state index < -0.39 is 11.9 Å². The molecule has 1 saturated heterocycles. The molecule has 0 aromatic carbocycles. The molecular weight excluding hydrogens is 256 g/mol. The Hall–Kier alpha value is -0.450. The molecule has 1 aliphatic rings. The van der Waals surface area contributed by atoms with Crippen molar-refractivity contribution in [3.8, 4) is 0 Å². The number of rotatable bonds is 5. The number of aliphatic hydroxyl groups is 1. The molecule has 1 rings (SSSR count). The minimum Gasteiger partial charge on any atom is -0.392 e. The summed E-state index contributed by atoms with van der Waals surface area (Å²) < 4.78 is 11.6. The van der Waals surface area contributed by atoms with Crippen LogP contribution in [0.1, 0.15) is 67.2 Å². The lowest BCUT2D eigenvalue weighted by Gasteiger charge is -2.40. The van der Waals surface area contributed by atoms with Crippen molar-refractivity contribution in [3.05, 3.63) is 0 Å². The van der Waals surface area contributed by atoms with Gasteiger partial charge in [-0.1, -0.05) is 27.7 Å². The molecule has 0 amide bonds. The minimum absolute atomic E-state index is 0.0602. The summed E-state index contributed by atoms with van der Waals surface area (Å²) in [6.07, 6.45) is 1.65. The molecule has 0 unspecified atom stereocenters. The minimum atomic E-state index is -0.632. The quantitative estimate of drug-likeness (QED) is 0.844. The van der Waals surface area contributed by atoms with Gasteiger partial charge in [0.25, 0.3) is 0 Å². The molecule has 0 aromatic rings. The zero-order valence-electron chi connectivity index (χ0n) is 13.7. The van der Waals surface area contributed by atoms with Gasteiger partial charge in [0.2, 0.25) is 0 Å². The standard InChI is InChI=1S/C16H30O4/c1-7-12-10-13(20-16(5,6)19-12)8-11(17)9-14(18)15(2,3)4/h12-14,18H,7-10H2,1-6H3/t12-,13-,14-/m1/s1. The molecule has 1 fully saturated rings. The molecule has 0 radical (unpaired) electrons. The predicted molar refractivity (Wildman–Crippen MR) is 78.4 cm³/mol. The summed E-state index contributed by atoms with van der Waals surface area (Å²) in [6.45, 7) is 11.7. The lowest BCUT2D eigenvalue weighted by atomic mass is 9.85. The summed E-state index contributed by atoms with van der Waals surface area (Å²) in [6, 6.07) is 0. The highest BCUT2D eigenvalue weighted by Gasteiger charge is 2.36. The smallest absolute Gasteiger partial charge is 0.163 e. The van der Waals surface area contributed by atoms with Crippen LogP contribution in [-0.4, -0.2) is 35.0 Å². The van der Waals surface area contributed by atoms with Crippen LogP contribution < -0.4 is 0 Å². The molecule has 3 atom stereocenters. The molecule has 118 valence electrons. The topological polar surface area (TPSA) is 55.8 Å². The van der Waals surface area contributed by atoms with Gasteiger partial charge in [0, 0.05) is 19.3 Å². The van der Waals surface area contributed by atoms with Gasteiger partial charge in [0.1, 0.15) is 5.78 Å². The predicted octanol–water partition coefficient (Wildman–Crippen LogP) is 3.06. The maximum atomic E-state index is 12.1. The summed E-state index contributed by atoms with van der Waals surface area (Å²) >= 11 is 0. The van der Waals surface area contributed by atoms with Crippen LogP contribution in [0.4, 0.5) is 0 Å². The van der Waals surface area contributed by atoms with E-state index >= 15 is 0 Å². The normalized spacial score (nSPS) is 28.1. The van der Waals surface area contributed by atoms with Crippen molar-refractivity contribution in [3.63, 3.8) is 0 Å². The van der Waals surface area contributed by atoms with E-state index in [1.807, 2.05) is 34.6 Å². The van der Waals surface area contributed by atoms with Gasteiger partial charge in [0.15, 0.2) is 5.79 Å². The lowest BCUT2D eigenvalue weighted by molar-refractivity contribution is -0.299. The first-order valence-electron chi connectivity index (χ1n) is 7.59. The highest BCUT2D eigenvalue weighted by atomic mass is 16.7. The van der Waals surface area contributed by atoms with Crippen molar-refractivity contribution >= 4 is 5.78 Å². The Morgan fingerprint density at radius 1 is 1.30 bits per heavy atom. The second-order valence-corrected chi connectivity index (χ2v) is 7.35. The maximum Gasteiger partial charge on any atom is 0.163 e. The van der Waals surface area contributed by atoms with Crippen LogP contribution in [0, 0.1) is 5.41 Å². The number of aliphatic hydroxyl groups excluding tert-OH is 1. The fourth-order valence-electron chi connectivity index (χ4n) is 2.45. The average Bonchev–Trinajstić information content (AvgIpc) is 2.24. The van der Waals surface area contributed by atoms with E-state index in [4.69, 9.17) is 9.47 Å². The average molecular weight is 286 g/mol. The van der Waals surface area contributed by atoms with E-state index in [-0.39, 0.29) is 29.8 Å². The van der Waals surface area contributed by atoms with Gasteiger partial charge < -0.3 is 14.6 Å². The number of carbonyl (C=O) groups is 1. The Morgan fingerprint density at radius 2 is 1.85 bits per heavy atom. The van der Waals surface area contributed by atoms with Gasteiger partial charge in [0.05, 0.1) is 18.3 Å². The number of ether oxygens (including phenoxy) is 2. The lowest BCUT2D eigenvalue weighted by Crippen LogP contribution is -2.45. The van der Waals surface area contributed by atoms with Gasteiger partial charge >= 0.3 is 0 Å². The fourth-order valence-corrected chi connectivity index (χ4v) is 2.45. The largest absolute Gasteiger partial charge is 0.392 e. The van der Waals surface area contributed by atoms with Crippen molar-refractivity contribution in [1.82, 2.24) is 0 Å². The van der Waals surface area contributed by atoms with Crippen LogP contribution in [0.3, 0.4) is 0 Å². The Balaban J connectivity index is 2.53. The summed E-state index contributed by atoms with van der Waals surface area (Å²) in [7, 11) is 0. The molecule has 4 heteroatoms. The Morgan fingerprint density at radius 3 is 2.35 bits per heavy atom. The van der Waals surface area contributed by atoms with Crippen LogP contribution >= 0.6 is 0 Å². The van der Waals surface area contributed by atoms with E-state index in [2.05, 4.69) is 6.92 Å². The third-order valence-electron chi connectivity index (χ3n) is 3.76. The Labute approximate surface area is 122 Å². The second kappa shape index (κ2) is 6.54. The van der Waals surface area contributed by atoms with E-state index in [1.165, 1.54) is 0 Å². The summed E-state index contributed by atoms with van der Waals surface area (Å²) in [5.41, 5.74) is -0.266. The molecule has 0 bridgehead atoms. The van der Waals surface area contributed by atoms with Gasteiger partial charge in [-0.3, -0.25) is 4.79 Å². The molecule has 20 heavy (non-hydrogen) atoms. The number of ketones is 1. The molecular formula is C16H30O4. The second-order valence-electron chi connectivity index (χ2n) is 7.35.